The number of nitrogens with one attached hydrogen (secondary N) is 2. The molecule has 1 aliphatic heterocycles. The minimum atomic E-state index is 0.0424. The summed E-state index contributed by atoms with van der Waals surface area (Å²) in [5.74, 6) is 0. The number of hydrogen-bond donors (Lipinski definition) is 2. The average Bonchev–Trinajstić information content (AvgIpc) is 2.76. The van der Waals surface area contributed by atoms with Gasteiger partial charge in [-0.2, -0.15) is 0 Å². The summed E-state index contributed by atoms with van der Waals surface area (Å²) >= 11 is 0. The second-order valence-corrected chi connectivity index (χ2v) is 4.18. The zero-order valence-electron chi connectivity index (χ0n) is 10.0. The van der Waals surface area contributed by atoms with Gasteiger partial charge in [-0.05, 0) is 18.6 Å². The van der Waals surface area contributed by atoms with Gasteiger partial charge in [0.2, 0.25) is 0 Å². The summed E-state index contributed by atoms with van der Waals surface area (Å²) in [5, 5.41) is 6.17. The van der Waals surface area contributed by atoms with Crippen molar-refractivity contribution in [1.82, 2.24) is 20.5 Å². The molecule has 0 saturated carbocycles. The van der Waals surface area contributed by atoms with Crippen molar-refractivity contribution < 1.29 is 4.79 Å². The van der Waals surface area contributed by atoms with Crippen LogP contribution in [0.1, 0.15) is 18.5 Å². The lowest BCUT2D eigenvalue weighted by Gasteiger charge is -2.17. The molecule has 2 rings (SSSR count). The van der Waals surface area contributed by atoms with Crippen LogP contribution in [0, 0.1) is 0 Å². The first-order valence-corrected chi connectivity index (χ1v) is 5.93. The lowest BCUT2D eigenvalue weighted by Crippen LogP contribution is -2.35. The second kappa shape index (κ2) is 5.63. The van der Waals surface area contributed by atoms with Crippen molar-refractivity contribution in [3.8, 4) is 0 Å². The summed E-state index contributed by atoms with van der Waals surface area (Å²) in [7, 11) is 0. The lowest BCUT2D eigenvalue weighted by atomic mass is 10.1. The third kappa shape index (κ3) is 3.17. The van der Waals surface area contributed by atoms with E-state index in [0.717, 1.165) is 26.2 Å². The van der Waals surface area contributed by atoms with Gasteiger partial charge in [-0.15, -0.1) is 0 Å². The molecule has 1 fully saturated rings. The Kier molecular flexibility index (Phi) is 3.93. The van der Waals surface area contributed by atoms with Gasteiger partial charge in [0.1, 0.15) is 0 Å². The SMILES string of the molecule is C[C@@H](NCCN1CCNC1=O)c1cccnc1. The van der Waals surface area contributed by atoms with Gasteiger partial charge in [0.05, 0.1) is 0 Å². The van der Waals surface area contributed by atoms with Crippen molar-refractivity contribution in [3.05, 3.63) is 30.1 Å². The van der Waals surface area contributed by atoms with Crippen LogP contribution in [-0.2, 0) is 0 Å². The van der Waals surface area contributed by atoms with Crippen molar-refractivity contribution >= 4 is 6.03 Å². The lowest BCUT2D eigenvalue weighted by molar-refractivity contribution is 0.217. The summed E-state index contributed by atoms with van der Waals surface area (Å²) in [6, 6.07) is 4.28. The molecule has 1 saturated heterocycles. The van der Waals surface area contributed by atoms with E-state index in [1.54, 1.807) is 6.20 Å². The molecular weight excluding hydrogens is 216 g/mol. The van der Waals surface area contributed by atoms with Gasteiger partial charge in [0, 0.05) is 44.6 Å². The van der Waals surface area contributed by atoms with E-state index < -0.39 is 0 Å². The molecule has 2 N–H and O–H groups in total. The van der Waals surface area contributed by atoms with Crippen molar-refractivity contribution in [2.24, 2.45) is 0 Å². The van der Waals surface area contributed by atoms with E-state index >= 15 is 0 Å². The van der Waals surface area contributed by atoms with E-state index in [1.165, 1.54) is 5.56 Å². The van der Waals surface area contributed by atoms with Crippen LogP contribution < -0.4 is 10.6 Å². The van der Waals surface area contributed by atoms with Gasteiger partial charge in [0.25, 0.3) is 0 Å². The third-order valence-electron chi connectivity index (χ3n) is 2.96. The molecule has 5 nitrogen and oxygen atoms in total. The maximum absolute atomic E-state index is 11.3. The van der Waals surface area contributed by atoms with Crippen LogP contribution in [-0.4, -0.2) is 42.1 Å². The van der Waals surface area contributed by atoms with Gasteiger partial charge < -0.3 is 15.5 Å². The number of hydrogen-bond acceptors (Lipinski definition) is 3. The Morgan fingerprint density at radius 2 is 2.53 bits per heavy atom. The Hall–Kier alpha value is -1.62. The van der Waals surface area contributed by atoms with Crippen LogP contribution in [0.4, 0.5) is 4.79 Å². The molecule has 0 bridgehead atoms. The third-order valence-corrected chi connectivity index (χ3v) is 2.96. The molecule has 0 aromatic carbocycles. The topological polar surface area (TPSA) is 57.3 Å². The van der Waals surface area contributed by atoms with E-state index in [1.807, 2.05) is 23.2 Å². The van der Waals surface area contributed by atoms with Crippen molar-refractivity contribution in [2.75, 3.05) is 26.2 Å². The molecule has 1 aliphatic rings. The van der Waals surface area contributed by atoms with E-state index in [9.17, 15) is 4.79 Å². The summed E-state index contributed by atoms with van der Waals surface area (Å²) in [5.41, 5.74) is 1.17. The molecule has 92 valence electrons. The highest BCUT2D eigenvalue weighted by Gasteiger charge is 2.18. The highest BCUT2D eigenvalue weighted by molar-refractivity contribution is 5.76. The first kappa shape index (κ1) is 11.9. The fraction of sp³-hybridized carbons (Fsp3) is 0.500. The molecule has 5 heteroatoms. The largest absolute Gasteiger partial charge is 0.336 e. The van der Waals surface area contributed by atoms with Crippen molar-refractivity contribution in [2.45, 2.75) is 13.0 Å². The van der Waals surface area contributed by atoms with Crippen molar-refractivity contribution in [1.29, 1.82) is 0 Å². The number of nitrogens with zero attached hydrogens (tertiary/aromatic N) is 2. The first-order chi connectivity index (χ1) is 8.27. The Morgan fingerprint density at radius 3 is 3.18 bits per heavy atom. The number of aromatic nitrogens is 1. The number of rotatable bonds is 5. The normalized spacial score (nSPS) is 17.0. The zero-order valence-corrected chi connectivity index (χ0v) is 10.0. The van der Waals surface area contributed by atoms with Crippen LogP contribution in [0.15, 0.2) is 24.5 Å². The molecule has 0 spiro atoms. The monoisotopic (exact) mass is 234 g/mol. The number of pyridine rings is 1. The molecule has 1 aromatic heterocycles. The smallest absolute Gasteiger partial charge is 0.317 e. The van der Waals surface area contributed by atoms with E-state index in [-0.39, 0.29) is 12.1 Å². The summed E-state index contributed by atoms with van der Waals surface area (Å²) in [6.07, 6.45) is 3.63. The zero-order chi connectivity index (χ0) is 12.1. The standard InChI is InChI=1S/C12H18N4O/c1-10(11-3-2-4-13-9-11)14-5-7-16-8-6-15-12(16)17/h2-4,9-10,14H,5-8H2,1H3,(H,15,17)/t10-/m1/s1. The maximum Gasteiger partial charge on any atom is 0.317 e. The average molecular weight is 234 g/mol. The number of carbonyl (C=O) groups excluding carboxylic acids is 1. The van der Waals surface area contributed by atoms with Gasteiger partial charge in [-0.3, -0.25) is 4.98 Å². The number of carbonyl (C=O) groups is 1. The Labute approximate surface area is 101 Å². The van der Waals surface area contributed by atoms with E-state index in [4.69, 9.17) is 0 Å². The molecule has 17 heavy (non-hydrogen) atoms. The molecule has 2 amide bonds. The first-order valence-electron chi connectivity index (χ1n) is 5.93. The summed E-state index contributed by atoms with van der Waals surface area (Å²) < 4.78 is 0. The molecule has 1 atom stereocenters. The molecule has 0 radical (unpaired) electrons. The maximum atomic E-state index is 11.3. The van der Waals surface area contributed by atoms with Crippen LogP contribution >= 0.6 is 0 Å². The Balaban J connectivity index is 1.73. The Bertz CT molecular complexity index is 368. The highest BCUT2D eigenvalue weighted by Crippen LogP contribution is 2.09. The summed E-state index contributed by atoms with van der Waals surface area (Å²) in [4.78, 5) is 17.2. The van der Waals surface area contributed by atoms with Gasteiger partial charge in [-0.1, -0.05) is 6.07 Å². The van der Waals surface area contributed by atoms with Crippen LogP contribution in [0.5, 0.6) is 0 Å². The minimum Gasteiger partial charge on any atom is -0.336 e. The van der Waals surface area contributed by atoms with E-state index in [0.29, 0.717) is 0 Å². The van der Waals surface area contributed by atoms with Gasteiger partial charge >= 0.3 is 6.03 Å². The molecule has 0 unspecified atom stereocenters. The molecule has 0 aliphatic carbocycles. The summed E-state index contributed by atoms with van der Waals surface area (Å²) in [6.45, 7) is 5.21. The predicted molar refractivity (Wildman–Crippen MR) is 65.6 cm³/mol. The quantitative estimate of drug-likeness (QED) is 0.790. The fourth-order valence-corrected chi connectivity index (χ4v) is 1.89. The molecular formula is C12H18N4O. The van der Waals surface area contributed by atoms with Gasteiger partial charge in [-0.25, -0.2) is 4.79 Å². The van der Waals surface area contributed by atoms with Crippen LogP contribution in [0.2, 0.25) is 0 Å². The van der Waals surface area contributed by atoms with Crippen LogP contribution in [0.25, 0.3) is 0 Å². The second-order valence-electron chi connectivity index (χ2n) is 4.18. The van der Waals surface area contributed by atoms with Gasteiger partial charge in [0.15, 0.2) is 0 Å². The molecule has 1 aromatic rings. The number of urea groups is 1. The highest BCUT2D eigenvalue weighted by atomic mass is 16.2. The number of amides is 2. The van der Waals surface area contributed by atoms with Crippen molar-refractivity contribution in [3.63, 3.8) is 0 Å². The van der Waals surface area contributed by atoms with E-state index in [2.05, 4.69) is 22.5 Å². The van der Waals surface area contributed by atoms with Crippen LogP contribution in [0.3, 0.4) is 0 Å². The molecule has 2 heterocycles. The Morgan fingerprint density at radius 1 is 1.65 bits per heavy atom. The fourth-order valence-electron chi connectivity index (χ4n) is 1.89. The predicted octanol–water partition coefficient (Wildman–Crippen LogP) is 0.757. The minimum absolute atomic E-state index is 0.0424.